The number of aromatic nitrogens is 1. The second-order valence-electron chi connectivity index (χ2n) is 5.99. The maximum atomic E-state index is 13.2. The van der Waals surface area contributed by atoms with Crippen LogP contribution in [-0.2, 0) is 6.54 Å². The molecule has 2 heterocycles. The molecule has 0 fully saturated rings. The van der Waals surface area contributed by atoms with Crippen LogP contribution in [0, 0.1) is 12.3 Å². The molecule has 1 aliphatic heterocycles. The molecule has 0 amide bonds. The number of para-hydroxylation sites is 1. The molecule has 0 unspecified atom stereocenters. The van der Waals surface area contributed by atoms with Gasteiger partial charge in [-0.15, -0.1) is 13.2 Å². The van der Waals surface area contributed by atoms with Crippen molar-refractivity contribution in [3.8, 4) is 0 Å². The predicted octanol–water partition coefficient (Wildman–Crippen LogP) is 4.67. The minimum Gasteiger partial charge on any atom is -0.338 e. The van der Waals surface area contributed by atoms with E-state index in [9.17, 15) is 4.79 Å². The molecule has 1 aromatic heterocycles. The second-order valence-corrected chi connectivity index (χ2v) is 5.99. The summed E-state index contributed by atoms with van der Waals surface area (Å²) in [6.07, 6.45) is 6.04. The van der Waals surface area contributed by atoms with E-state index in [2.05, 4.69) is 36.8 Å². The SMILES string of the molecule is C=CCC1(CC=C)CCn2c(c(C)c3ccccc32)C1=O. The minimum atomic E-state index is -0.349. The number of nitrogens with zero attached hydrogens (tertiary/aromatic N) is 1. The summed E-state index contributed by atoms with van der Waals surface area (Å²) in [5, 5.41) is 1.19. The summed E-state index contributed by atoms with van der Waals surface area (Å²) in [7, 11) is 0. The van der Waals surface area contributed by atoms with Gasteiger partial charge in [0, 0.05) is 22.9 Å². The van der Waals surface area contributed by atoms with Gasteiger partial charge in [-0.05, 0) is 37.8 Å². The molecule has 108 valence electrons. The lowest BCUT2D eigenvalue weighted by molar-refractivity contribution is 0.0727. The van der Waals surface area contributed by atoms with Gasteiger partial charge in [0.2, 0.25) is 0 Å². The van der Waals surface area contributed by atoms with E-state index in [-0.39, 0.29) is 11.2 Å². The number of benzene rings is 1. The average molecular weight is 279 g/mol. The fraction of sp³-hybridized carbons (Fsp3) is 0.316. The van der Waals surface area contributed by atoms with Crippen molar-refractivity contribution in [2.24, 2.45) is 5.41 Å². The molecular formula is C19H21NO. The highest BCUT2D eigenvalue weighted by Gasteiger charge is 2.42. The maximum Gasteiger partial charge on any atom is 0.186 e. The van der Waals surface area contributed by atoms with Crippen molar-refractivity contribution in [3.05, 3.63) is 60.8 Å². The fourth-order valence-corrected chi connectivity index (χ4v) is 3.72. The third-order valence-corrected chi connectivity index (χ3v) is 4.80. The van der Waals surface area contributed by atoms with Crippen molar-refractivity contribution in [3.63, 3.8) is 0 Å². The van der Waals surface area contributed by atoms with Crippen molar-refractivity contribution < 1.29 is 4.79 Å². The monoisotopic (exact) mass is 279 g/mol. The zero-order valence-electron chi connectivity index (χ0n) is 12.6. The van der Waals surface area contributed by atoms with Crippen LogP contribution in [0.15, 0.2) is 49.6 Å². The first-order valence-corrected chi connectivity index (χ1v) is 7.49. The number of ketones is 1. The molecule has 21 heavy (non-hydrogen) atoms. The van der Waals surface area contributed by atoms with Gasteiger partial charge in [0.25, 0.3) is 0 Å². The van der Waals surface area contributed by atoms with E-state index in [0.717, 1.165) is 37.1 Å². The lowest BCUT2D eigenvalue weighted by atomic mass is 9.71. The Hall–Kier alpha value is -2.09. The lowest BCUT2D eigenvalue weighted by Crippen LogP contribution is -2.38. The molecule has 1 aromatic carbocycles. The number of carbonyl (C=O) groups is 1. The molecule has 3 rings (SSSR count). The highest BCUT2D eigenvalue weighted by atomic mass is 16.1. The van der Waals surface area contributed by atoms with E-state index >= 15 is 0 Å². The van der Waals surface area contributed by atoms with Crippen LogP contribution in [0.2, 0.25) is 0 Å². The molecule has 0 N–H and O–H groups in total. The zero-order valence-corrected chi connectivity index (χ0v) is 12.6. The summed E-state index contributed by atoms with van der Waals surface area (Å²) >= 11 is 0. The number of hydrogen-bond donors (Lipinski definition) is 0. The average Bonchev–Trinajstić information content (AvgIpc) is 2.78. The zero-order chi connectivity index (χ0) is 15.0. The molecule has 0 atom stereocenters. The van der Waals surface area contributed by atoms with Gasteiger partial charge in [-0.3, -0.25) is 4.79 Å². The largest absolute Gasteiger partial charge is 0.338 e. The molecule has 2 nitrogen and oxygen atoms in total. The molecule has 0 spiro atoms. The first-order valence-electron chi connectivity index (χ1n) is 7.49. The molecule has 0 aliphatic carbocycles. The van der Waals surface area contributed by atoms with E-state index in [1.807, 2.05) is 24.3 Å². The smallest absolute Gasteiger partial charge is 0.186 e. The normalized spacial score (nSPS) is 16.7. The topological polar surface area (TPSA) is 22.0 Å². The van der Waals surface area contributed by atoms with E-state index in [1.165, 1.54) is 10.9 Å². The predicted molar refractivity (Wildman–Crippen MR) is 87.7 cm³/mol. The Morgan fingerprint density at radius 2 is 1.90 bits per heavy atom. The Morgan fingerprint density at radius 1 is 1.24 bits per heavy atom. The Labute approximate surface area is 125 Å². The van der Waals surface area contributed by atoms with Crippen LogP contribution in [0.5, 0.6) is 0 Å². The van der Waals surface area contributed by atoms with Crippen LogP contribution in [0.25, 0.3) is 10.9 Å². The maximum absolute atomic E-state index is 13.2. The summed E-state index contributed by atoms with van der Waals surface area (Å²) in [6, 6.07) is 8.28. The van der Waals surface area contributed by atoms with Crippen LogP contribution in [0.4, 0.5) is 0 Å². The quantitative estimate of drug-likeness (QED) is 0.745. The van der Waals surface area contributed by atoms with Gasteiger partial charge in [0.15, 0.2) is 5.78 Å². The van der Waals surface area contributed by atoms with Crippen LogP contribution in [0.3, 0.4) is 0 Å². The number of aryl methyl sites for hydroxylation is 2. The second kappa shape index (κ2) is 5.03. The summed E-state index contributed by atoms with van der Waals surface area (Å²) in [5.41, 5.74) is 2.81. The van der Waals surface area contributed by atoms with Crippen LogP contribution in [0.1, 0.15) is 35.3 Å². The molecule has 0 radical (unpaired) electrons. The molecule has 2 heteroatoms. The van der Waals surface area contributed by atoms with E-state index < -0.39 is 0 Å². The first-order chi connectivity index (χ1) is 10.1. The van der Waals surface area contributed by atoms with Crippen LogP contribution >= 0.6 is 0 Å². The van der Waals surface area contributed by atoms with Crippen molar-refractivity contribution >= 4 is 16.7 Å². The van der Waals surface area contributed by atoms with Gasteiger partial charge < -0.3 is 4.57 Å². The third-order valence-electron chi connectivity index (χ3n) is 4.80. The molecule has 0 saturated carbocycles. The van der Waals surface area contributed by atoms with Crippen LogP contribution < -0.4 is 0 Å². The fourth-order valence-electron chi connectivity index (χ4n) is 3.72. The first kappa shape index (κ1) is 13.9. The van der Waals surface area contributed by atoms with Gasteiger partial charge >= 0.3 is 0 Å². The third kappa shape index (κ3) is 1.90. The summed E-state index contributed by atoms with van der Waals surface area (Å²) < 4.78 is 2.19. The highest BCUT2D eigenvalue weighted by molar-refractivity contribution is 6.06. The highest BCUT2D eigenvalue weighted by Crippen LogP contribution is 2.43. The number of rotatable bonds is 4. The standard InChI is InChI=1S/C19H21NO/c1-4-10-19(11-5-2)12-13-20-16-9-7-6-8-15(16)14(3)17(20)18(19)21/h4-9H,1-2,10-13H2,3H3. The number of fused-ring (bicyclic) bond motifs is 3. The molecule has 2 aromatic rings. The van der Waals surface area contributed by atoms with E-state index in [0.29, 0.717) is 0 Å². The molecule has 1 aliphatic rings. The number of carbonyl (C=O) groups excluding carboxylic acids is 1. The Morgan fingerprint density at radius 3 is 2.57 bits per heavy atom. The van der Waals surface area contributed by atoms with Gasteiger partial charge in [0.05, 0.1) is 5.69 Å². The number of Topliss-reactive ketones (excluding diaryl/α,β-unsaturated/α-hetero) is 1. The number of allylic oxidation sites excluding steroid dienone is 2. The molecular weight excluding hydrogens is 258 g/mol. The lowest BCUT2D eigenvalue weighted by Gasteiger charge is -2.35. The summed E-state index contributed by atoms with van der Waals surface area (Å²) in [6.45, 7) is 10.6. The summed E-state index contributed by atoms with van der Waals surface area (Å²) in [5.74, 6) is 0.252. The number of hydrogen-bond acceptors (Lipinski definition) is 1. The van der Waals surface area contributed by atoms with Crippen molar-refractivity contribution in [1.82, 2.24) is 4.57 Å². The van der Waals surface area contributed by atoms with Crippen LogP contribution in [-0.4, -0.2) is 10.4 Å². The van der Waals surface area contributed by atoms with Gasteiger partial charge in [-0.2, -0.15) is 0 Å². The van der Waals surface area contributed by atoms with Gasteiger partial charge in [-0.1, -0.05) is 30.4 Å². The van der Waals surface area contributed by atoms with Crippen molar-refractivity contribution in [2.45, 2.75) is 32.7 Å². The van der Waals surface area contributed by atoms with Gasteiger partial charge in [0.1, 0.15) is 0 Å². The summed E-state index contributed by atoms with van der Waals surface area (Å²) in [4.78, 5) is 13.2. The van der Waals surface area contributed by atoms with Crippen molar-refractivity contribution in [1.29, 1.82) is 0 Å². The molecule has 0 bridgehead atoms. The van der Waals surface area contributed by atoms with E-state index in [1.54, 1.807) is 0 Å². The van der Waals surface area contributed by atoms with Crippen molar-refractivity contribution in [2.75, 3.05) is 0 Å². The molecule has 0 saturated heterocycles. The van der Waals surface area contributed by atoms with Gasteiger partial charge in [-0.25, -0.2) is 0 Å². The Balaban J connectivity index is 2.22. The Bertz CT molecular complexity index is 725. The Kier molecular flexibility index (Phi) is 3.32. The van der Waals surface area contributed by atoms with E-state index in [4.69, 9.17) is 0 Å². The minimum absolute atomic E-state index is 0.252.